The van der Waals surface area contributed by atoms with E-state index in [0.29, 0.717) is 5.92 Å². The number of rotatable bonds is 3. The maximum atomic E-state index is 12.4. The molecule has 0 saturated carbocycles. The molecule has 0 radical (unpaired) electrons. The summed E-state index contributed by atoms with van der Waals surface area (Å²) in [6.07, 6.45) is 3.48. The van der Waals surface area contributed by atoms with Crippen molar-refractivity contribution in [1.29, 1.82) is 0 Å². The van der Waals surface area contributed by atoms with E-state index in [4.69, 9.17) is 4.74 Å². The lowest BCUT2D eigenvalue weighted by Gasteiger charge is -2.35. The second-order valence-corrected chi connectivity index (χ2v) is 7.40. The fourth-order valence-corrected chi connectivity index (χ4v) is 4.46. The topological polar surface area (TPSA) is 36.0 Å². The first-order valence-electron chi connectivity index (χ1n) is 9.29. The fourth-order valence-electron chi connectivity index (χ4n) is 4.46. The number of carbonyl (C=O) groups excluding carboxylic acids is 1. The van der Waals surface area contributed by atoms with Crippen molar-refractivity contribution in [3.63, 3.8) is 0 Å². The van der Waals surface area contributed by atoms with Gasteiger partial charge in [-0.2, -0.15) is 0 Å². The molecule has 1 aromatic carbocycles. The molecule has 0 N–H and O–H groups in total. The molecule has 1 aliphatic carbocycles. The van der Waals surface area contributed by atoms with Crippen molar-refractivity contribution in [2.24, 2.45) is 0 Å². The highest BCUT2D eigenvalue weighted by molar-refractivity contribution is 5.70. The van der Waals surface area contributed by atoms with Gasteiger partial charge in [0.2, 0.25) is 0 Å². The minimum absolute atomic E-state index is 0.165. The number of amides is 1. The van der Waals surface area contributed by atoms with E-state index in [-0.39, 0.29) is 18.7 Å². The van der Waals surface area contributed by atoms with E-state index in [1.807, 2.05) is 4.90 Å². The molecule has 0 unspecified atom stereocenters. The van der Waals surface area contributed by atoms with Crippen LogP contribution < -0.4 is 4.90 Å². The summed E-state index contributed by atoms with van der Waals surface area (Å²) in [5, 5.41) is 0. The van der Waals surface area contributed by atoms with Crippen molar-refractivity contribution < 1.29 is 9.53 Å². The van der Waals surface area contributed by atoms with Gasteiger partial charge in [-0.3, -0.25) is 0 Å². The third kappa shape index (κ3) is 3.01. The molecule has 3 aliphatic rings. The minimum Gasteiger partial charge on any atom is -0.445 e. The Balaban J connectivity index is 1.57. The zero-order chi connectivity index (χ0) is 17.4. The van der Waals surface area contributed by atoms with Crippen LogP contribution in [0.2, 0.25) is 0 Å². The van der Waals surface area contributed by atoms with E-state index in [1.165, 1.54) is 16.8 Å². The number of likely N-dealkylation sites (tertiary alicyclic amines) is 1. The Kier molecular flexibility index (Phi) is 4.42. The number of carbonyl (C=O) groups is 1. The van der Waals surface area contributed by atoms with Crippen LogP contribution in [0.15, 0.2) is 30.9 Å². The highest BCUT2D eigenvalue weighted by Crippen LogP contribution is 2.50. The molecule has 5 heteroatoms. The second-order valence-electron chi connectivity index (χ2n) is 7.40. The van der Waals surface area contributed by atoms with Gasteiger partial charge in [0.1, 0.15) is 6.61 Å². The summed E-state index contributed by atoms with van der Waals surface area (Å²) in [6, 6.07) is 7.06. The van der Waals surface area contributed by atoms with Crippen LogP contribution in [0, 0.1) is 0 Å². The summed E-state index contributed by atoms with van der Waals surface area (Å²) < 4.78 is 5.31. The molecule has 5 nitrogen and oxygen atoms in total. The summed E-state index contributed by atoms with van der Waals surface area (Å²) in [4.78, 5) is 19.2. The Hall–Kier alpha value is -2.01. The lowest BCUT2D eigenvalue weighted by Crippen LogP contribution is -2.44. The predicted molar refractivity (Wildman–Crippen MR) is 99.1 cm³/mol. The third-order valence-corrected chi connectivity index (χ3v) is 5.90. The van der Waals surface area contributed by atoms with Crippen LogP contribution in [0.25, 0.3) is 0 Å². The molecule has 2 bridgehead atoms. The molecule has 2 saturated heterocycles. The Bertz CT molecular complexity index is 667. The summed E-state index contributed by atoms with van der Waals surface area (Å²) >= 11 is 0. The largest absolute Gasteiger partial charge is 0.445 e. The average Bonchev–Trinajstić information content (AvgIpc) is 2.92. The van der Waals surface area contributed by atoms with E-state index >= 15 is 0 Å². The summed E-state index contributed by atoms with van der Waals surface area (Å²) in [6.45, 7) is 9.01. The number of hydrogen-bond acceptors (Lipinski definition) is 4. The molecule has 2 heterocycles. The number of nitrogens with zero attached hydrogens (tertiary/aromatic N) is 3. The molecule has 0 spiro atoms. The number of hydrogen-bond donors (Lipinski definition) is 0. The summed E-state index contributed by atoms with van der Waals surface area (Å²) in [7, 11) is 2.18. The molecule has 0 aromatic heterocycles. The highest BCUT2D eigenvalue weighted by Gasteiger charge is 2.41. The van der Waals surface area contributed by atoms with Crippen molar-refractivity contribution in [1.82, 2.24) is 9.80 Å². The van der Waals surface area contributed by atoms with Crippen LogP contribution in [0.5, 0.6) is 0 Å². The molecule has 2 atom stereocenters. The van der Waals surface area contributed by atoms with Crippen molar-refractivity contribution in [2.45, 2.75) is 24.8 Å². The first-order chi connectivity index (χ1) is 12.2. The molecule has 2 fully saturated rings. The van der Waals surface area contributed by atoms with Crippen LogP contribution >= 0.6 is 0 Å². The van der Waals surface area contributed by atoms with Crippen LogP contribution in [0.1, 0.15) is 35.9 Å². The first-order valence-corrected chi connectivity index (χ1v) is 9.29. The minimum atomic E-state index is -0.207. The molecule has 1 aromatic rings. The van der Waals surface area contributed by atoms with Gasteiger partial charge in [0, 0.05) is 38.4 Å². The molecule has 2 aliphatic heterocycles. The number of anilines is 1. The summed E-state index contributed by atoms with van der Waals surface area (Å²) in [5.74, 6) is 0.588. The molecule has 25 heavy (non-hydrogen) atoms. The Labute approximate surface area is 149 Å². The number of benzene rings is 1. The van der Waals surface area contributed by atoms with Crippen molar-refractivity contribution >= 4 is 11.8 Å². The van der Waals surface area contributed by atoms with Crippen molar-refractivity contribution in [3.05, 3.63) is 42.0 Å². The van der Waals surface area contributed by atoms with Crippen molar-refractivity contribution in [2.75, 3.05) is 51.3 Å². The van der Waals surface area contributed by atoms with Gasteiger partial charge in [-0.1, -0.05) is 18.7 Å². The molecule has 1 amide bonds. The Morgan fingerprint density at radius 3 is 2.80 bits per heavy atom. The standard InChI is InChI=1S/C20H27N3O2/c1-3-12-25-20(24)23-7-6-15-13-19(23)18-14-16(4-5-17(15)18)22-10-8-21(2)9-11-22/h3-5,14-15,19H,1,6-13H2,2H3/t15-,19-/m1/s1. The van der Waals surface area contributed by atoms with Gasteiger partial charge in [-0.15, -0.1) is 0 Å². The van der Waals surface area contributed by atoms with Gasteiger partial charge in [0.15, 0.2) is 0 Å². The maximum Gasteiger partial charge on any atom is 0.410 e. The second kappa shape index (κ2) is 6.71. The number of likely N-dealkylation sites (N-methyl/N-ethyl adjacent to an activating group) is 1. The lowest BCUT2D eigenvalue weighted by molar-refractivity contribution is 0.0824. The van der Waals surface area contributed by atoms with Crippen LogP contribution in [0.4, 0.5) is 10.5 Å². The molecule has 4 rings (SSSR count). The Morgan fingerprint density at radius 1 is 1.24 bits per heavy atom. The van der Waals surface area contributed by atoms with E-state index in [0.717, 1.165) is 45.6 Å². The smallest absolute Gasteiger partial charge is 0.410 e. The monoisotopic (exact) mass is 341 g/mol. The van der Waals surface area contributed by atoms with Gasteiger partial charge in [-0.25, -0.2) is 4.79 Å². The maximum absolute atomic E-state index is 12.4. The van der Waals surface area contributed by atoms with E-state index in [2.05, 4.69) is 41.6 Å². The molecular weight excluding hydrogens is 314 g/mol. The van der Waals surface area contributed by atoms with Gasteiger partial charge >= 0.3 is 6.09 Å². The number of piperazine rings is 1. The van der Waals surface area contributed by atoms with Gasteiger partial charge in [-0.05, 0) is 49.1 Å². The predicted octanol–water partition coefficient (Wildman–Crippen LogP) is 3.00. The van der Waals surface area contributed by atoms with Crippen LogP contribution in [0.3, 0.4) is 0 Å². The summed E-state index contributed by atoms with van der Waals surface area (Å²) in [5.41, 5.74) is 4.05. The third-order valence-electron chi connectivity index (χ3n) is 5.90. The molecule has 134 valence electrons. The molecular formula is C20H27N3O2. The van der Waals surface area contributed by atoms with Crippen LogP contribution in [-0.2, 0) is 4.74 Å². The normalized spacial score (nSPS) is 25.6. The van der Waals surface area contributed by atoms with Gasteiger partial charge in [0.25, 0.3) is 0 Å². The SMILES string of the molecule is C=CCOC(=O)N1CC[C@@H]2C[C@@H]1c1cc(N3CCN(C)CC3)ccc12. The zero-order valence-electron chi connectivity index (χ0n) is 15.0. The number of piperidine rings is 1. The van der Waals surface area contributed by atoms with Gasteiger partial charge in [0.05, 0.1) is 6.04 Å². The van der Waals surface area contributed by atoms with E-state index in [9.17, 15) is 4.79 Å². The van der Waals surface area contributed by atoms with Crippen LogP contribution in [-0.4, -0.2) is 62.3 Å². The highest BCUT2D eigenvalue weighted by atomic mass is 16.6. The first kappa shape index (κ1) is 16.5. The number of ether oxygens (including phenoxy) is 1. The van der Waals surface area contributed by atoms with Gasteiger partial charge < -0.3 is 19.4 Å². The average molecular weight is 341 g/mol. The quantitative estimate of drug-likeness (QED) is 0.792. The Morgan fingerprint density at radius 2 is 2.04 bits per heavy atom. The zero-order valence-corrected chi connectivity index (χ0v) is 15.0. The lowest BCUT2D eigenvalue weighted by atomic mass is 9.96. The fraction of sp³-hybridized carbons (Fsp3) is 0.550. The van der Waals surface area contributed by atoms with E-state index < -0.39 is 0 Å². The number of fused-ring (bicyclic) bond motifs is 5. The van der Waals surface area contributed by atoms with E-state index in [1.54, 1.807) is 6.08 Å². The van der Waals surface area contributed by atoms with Crippen molar-refractivity contribution in [3.8, 4) is 0 Å².